The fourth-order valence-corrected chi connectivity index (χ4v) is 2.02. The Morgan fingerprint density at radius 3 is 2.62 bits per heavy atom. The van der Waals surface area contributed by atoms with Gasteiger partial charge in [0.25, 0.3) is 0 Å². The van der Waals surface area contributed by atoms with Crippen LogP contribution in [0.15, 0.2) is 10.9 Å². The zero-order valence-electron chi connectivity index (χ0n) is 7.49. The van der Waals surface area contributed by atoms with E-state index >= 15 is 0 Å². The first-order valence-electron chi connectivity index (χ1n) is 3.83. The molecular weight excluding hydrogens is 256 g/mol. The average Bonchev–Trinajstić information content (AvgIpc) is 2.30. The van der Waals surface area contributed by atoms with Crippen LogP contribution < -0.4 is 0 Å². The molecular formula is C7H11BrN2O2S. The molecule has 0 radical (unpaired) electrons. The van der Waals surface area contributed by atoms with Crippen molar-refractivity contribution in [2.75, 3.05) is 5.75 Å². The molecule has 4 nitrogen and oxygen atoms in total. The van der Waals surface area contributed by atoms with Crippen LogP contribution in [0.3, 0.4) is 0 Å². The molecule has 0 saturated carbocycles. The summed E-state index contributed by atoms with van der Waals surface area (Å²) in [6, 6.07) is 0. The third-order valence-corrected chi connectivity index (χ3v) is 4.03. The number of aryl methyl sites for hydroxylation is 1. The summed E-state index contributed by atoms with van der Waals surface area (Å²) in [6.07, 6.45) is 1.71. The molecule has 0 atom stereocenters. The van der Waals surface area contributed by atoms with Crippen LogP contribution in [0.5, 0.6) is 0 Å². The lowest BCUT2D eigenvalue weighted by atomic mass is 10.6. The van der Waals surface area contributed by atoms with Gasteiger partial charge in [0.05, 0.1) is 11.4 Å². The monoisotopic (exact) mass is 266 g/mol. The van der Waals surface area contributed by atoms with Gasteiger partial charge in [-0.15, -0.1) is 0 Å². The Hall–Kier alpha value is -0.360. The van der Waals surface area contributed by atoms with Crippen LogP contribution in [0, 0.1) is 0 Å². The summed E-state index contributed by atoms with van der Waals surface area (Å²) in [4.78, 5) is 4.04. The number of hydrogen-bond donors (Lipinski definition) is 0. The average molecular weight is 267 g/mol. The standard InChI is InChI=1S/C7H11BrN2O2S/c1-3-13(11,12)5-6-4-10(2)7(8)9-6/h4H,3,5H2,1-2H3. The molecule has 0 aliphatic carbocycles. The largest absolute Gasteiger partial charge is 0.328 e. The summed E-state index contributed by atoms with van der Waals surface area (Å²) in [5.41, 5.74) is 0.580. The number of hydrogen-bond acceptors (Lipinski definition) is 3. The normalized spacial score (nSPS) is 11.9. The summed E-state index contributed by atoms with van der Waals surface area (Å²) >= 11 is 3.20. The third-order valence-electron chi connectivity index (χ3n) is 1.68. The van der Waals surface area contributed by atoms with Gasteiger partial charge in [-0.25, -0.2) is 13.4 Å². The second-order valence-electron chi connectivity index (χ2n) is 2.79. The summed E-state index contributed by atoms with van der Waals surface area (Å²) < 4.78 is 24.8. The zero-order chi connectivity index (χ0) is 10.1. The molecule has 1 rings (SSSR count). The minimum Gasteiger partial charge on any atom is -0.328 e. The van der Waals surface area contributed by atoms with Crippen molar-refractivity contribution in [3.8, 4) is 0 Å². The van der Waals surface area contributed by atoms with Gasteiger partial charge in [-0.2, -0.15) is 0 Å². The molecule has 0 amide bonds. The van der Waals surface area contributed by atoms with Crippen LogP contribution >= 0.6 is 15.9 Å². The minimum atomic E-state index is -2.97. The molecule has 1 aromatic rings. The number of halogens is 1. The van der Waals surface area contributed by atoms with Gasteiger partial charge in [-0.1, -0.05) is 6.92 Å². The van der Waals surface area contributed by atoms with Crippen molar-refractivity contribution in [3.63, 3.8) is 0 Å². The zero-order valence-corrected chi connectivity index (χ0v) is 9.89. The van der Waals surface area contributed by atoms with Crippen LogP contribution in [0.1, 0.15) is 12.6 Å². The number of imidazole rings is 1. The van der Waals surface area contributed by atoms with E-state index in [1.807, 2.05) is 0 Å². The fourth-order valence-electron chi connectivity index (χ4n) is 0.900. The predicted octanol–water partition coefficient (Wildman–Crippen LogP) is 1.12. The van der Waals surface area contributed by atoms with Crippen molar-refractivity contribution in [1.82, 2.24) is 9.55 Å². The summed E-state index contributed by atoms with van der Waals surface area (Å²) in [6.45, 7) is 1.63. The van der Waals surface area contributed by atoms with E-state index in [0.29, 0.717) is 10.4 Å². The van der Waals surface area contributed by atoms with Crippen molar-refractivity contribution in [3.05, 3.63) is 16.6 Å². The quantitative estimate of drug-likeness (QED) is 0.824. The highest BCUT2D eigenvalue weighted by molar-refractivity contribution is 9.10. The molecule has 0 aliphatic rings. The van der Waals surface area contributed by atoms with Crippen molar-refractivity contribution >= 4 is 25.8 Å². The molecule has 0 bridgehead atoms. The van der Waals surface area contributed by atoms with Gasteiger partial charge in [0, 0.05) is 19.0 Å². The maximum atomic E-state index is 11.2. The van der Waals surface area contributed by atoms with Gasteiger partial charge in [0.2, 0.25) is 0 Å². The van der Waals surface area contributed by atoms with Crippen molar-refractivity contribution in [2.45, 2.75) is 12.7 Å². The molecule has 0 saturated heterocycles. The van der Waals surface area contributed by atoms with E-state index in [4.69, 9.17) is 0 Å². The van der Waals surface area contributed by atoms with E-state index < -0.39 is 9.84 Å². The van der Waals surface area contributed by atoms with E-state index in [1.54, 1.807) is 24.7 Å². The van der Waals surface area contributed by atoms with Crippen LogP contribution in [0.25, 0.3) is 0 Å². The third kappa shape index (κ3) is 2.80. The molecule has 0 N–H and O–H groups in total. The smallest absolute Gasteiger partial charge is 0.177 e. The van der Waals surface area contributed by atoms with Gasteiger partial charge in [-0.3, -0.25) is 0 Å². The Bertz CT molecular complexity index is 377. The van der Waals surface area contributed by atoms with Crippen LogP contribution in [0.4, 0.5) is 0 Å². The molecule has 0 spiro atoms. The van der Waals surface area contributed by atoms with Gasteiger partial charge < -0.3 is 4.57 Å². The number of rotatable bonds is 3. The summed E-state index contributed by atoms with van der Waals surface area (Å²) in [5, 5.41) is 0. The summed E-state index contributed by atoms with van der Waals surface area (Å²) in [5.74, 6) is 0.171. The van der Waals surface area contributed by atoms with E-state index in [-0.39, 0.29) is 11.5 Å². The maximum absolute atomic E-state index is 11.2. The van der Waals surface area contributed by atoms with Crippen molar-refractivity contribution < 1.29 is 8.42 Å². The molecule has 0 aliphatic heterocycles. The lowest BCUT2D eigenvalue weighted by Gasteiger charge is -1.95. The number of sulfone groups is 1. The lowest BCUT2D eigenvalue weighted by Crippen LogP contribution is -2.06. The van der Waals surface area contributed by atoms with Gasteiger partial charge >= 0.3 is 0 Å². The van der Waals surface area contributed by atoms with E-state index in [0.717, 1.165) is 0 Å². The molecule has 0 unspecified atom stereocenters. The Kier molecular flexibility index (Phi) is 3.13. The van der Waals surface area contributed by atoms with E-state index in [2.05, 4.69) is 20.9 Å². The number of aromatic nitrogens is 2. The van der Waals surface area contributed by atoms with E-state index in [1.165, 1.54) is 0 Å². The highest BCUT2D eigenvalue weighted by atomic mass is 79.9. The molecule has 13 heavy (non-hydrogen) atoms. The minimum absolute atomic E-state index is 0.0168. The van der Waals surface area contributed by atoms with Crippen LogP contribution in [-0.4, -0.2) is 23.7 Å². The Labute approximate surface area is 86.0 Å². The van der Waals surface area contributed by atoms with Gasteiger partial charge in [0.15, 0.2) is 14.6 Å². The Morgan fingerprint density at radius 2 is 2.23 bits per heavy atom. The van der Waals surface area contributed by atoms with Gasteiger partial charge in [-0.05, 0) is 15.9 Å². The first kappa shape index (κ1) is 10.7. The molecule has 6 heteroatoms. The van der Waals surface area contributed by atoms with Crippen molar-refractivity contribution in [2.24, 2.45) is 7.05 Å². The lowest BCUT2D eigenvalue weighted by molar-refractivity contribution is 0.596. The summed E-state index contributed by atoms with van der Waals surface area (Å²) in [7, 11) is -1.17. The Morgan fingerprint density at radius 1 is 1.62 bits per heavy atom. The molecule has 0 fully saturated rings. The molecule has 74 valence electrons. The topological polar surface area (TPSA) is 52.0 Å². The van der Waals surface area contributed by atoms with Crippen LogP contribution in [0.2, 0.25) is 0 Å². The van der Waals surface area contributed by atoms with E-state index in [9.17, 15) is 8.42 Å². The highest BCUT2D eigenvalue weighted by Crippen LogP contribution is 2.11. The van der Waals surface area contributed by atoms with Gasteiger partial charge in [0.1, 0.15) is 0 Å². The molecule has 1 aromatic heterocycles. The molecule has 0 aromatic carbocycles. The molecule has 1 heterocycles. The first-order valence-corrected chi connectivity index (χ1v) is 6.44. The Balaban J connectivity index is 2.87. The van der Waals surface area contributed by atoms with Crippen molar-refractivity contribution in [1.29, 1.82) is 0 Å². The number of nitrogens with zero attached hydrogens (tertiary/aromatic N) is 2. The highest BCUT2D eigenvalue weighted by Gasteiger charge is 2.12. The van der Waals surface area contributed by atoms with Crippen LogP contribution in [-0.2, 0) is 22.6 Å². The fraction of sp³-hybridized carbons (Fsp3) is 0.571. The second kappa shape index (κ2) is 3.79. The first-order chi connectivity index (χ1) is 5.94. The maximum Gasteiger partial charge on any atom is 0.177 e. The predicted molar refractivity (Wildman–Crippen MR) is 54.1 cm³/mol. The second-order valence-corrected chi connectivity index (χ2v) is 5.85. The SMILES string of the molecule is CCS(=O)(=O)Cc1cn(C)c(Br)n1.